The number of hydrogen-bond donors (Lipinski definition) is 2. The number of nitrogens with one attached hydrogen (secondary N) is 1. The van der Waals surface area contributed by atoms with Crippen LogP contribution in [0, 0.1) is 0 Å². The first-order valence-corrected chi connectivity index (χ1v) is 6.47. The van der Waals surface area contributed by atoms with Gasteiger partial charge in [-0.05, 0) is 17.0 Å². The van der Waals surface area contributed by atoms with E-state index in [2.05, 4.69) is 5.32 Å². The number of amides is 2. The number of carbonyl (C=O) groups is 2. The second kappa shape index (κ2) is 4.94. The zero-order valence-corrected chi connectivity index (χ0v) is 10.9. The zero-order valence-electron chi connectivity index (χ0n) is 10.9. The average Bonchev–Trinajstić information content (AvgIpc) is 2.45. The van der Waals surface area contributed by atoms with Crippen LogP contribution in [0.15, 0.2) is 36.4 Å². The Morgan fingerprint density at radius 1 is 1.00 bits per heavy atom. The number of imide groups is 1. The highest BCUT2D eigenvalue weighted by molar-refractivity contribution is 6.05. The lowest BCUT2D eigenvalue weighted by molar-refractivity contribution is -0.130. The summed E-state index contributed by atoms with van der Waals surface area (Å²) in [5.74, 6) is -0.540. The molecule has 1 aliphatic rings. The van der Waals surface area contributed by atoms with Gasteiger partial charge in [-0.2, -0.15) is 0 Å². The Kier molecular flexibility index (Phi) is 3.12. The minimum absolute atomic E-state index is 0.192. The van der Waals surface area contributed by atoms with Crippen LogP contribution in [0.5, 0.6) is 0 Å². The van der Waals surface area contributed by atoms with E-state index in [4.69, 9.17) is 5.73 Å². The Hall–Kier alpha value is -2.40. The van der Waals surface area contributed by atoms with Crippen LogP contribution in [0.4, 0.5) is 5.69 Å². The fraction of sp³-hybridized carbons (Fsp3) is 0.200. The topological polar surface area (TPSA) is 75.4 Å². The second-order valence-electron chi connectivity index (χ2n) is 4.82. The summed E-state index contributed by atoms with van der Waals surface area (Å²) in [4.78, 5) is 24.8. The SMILES string of the molecule is NCc1ccc(N2CC(=O)NC(=O)C2)c2ccccc12. The van der Waals surface area contributed by atoms with Crippen LogP contribution in [0.1, 0.15) is 5.56 Å². The maximum atomic E-state index is 11.5. The number of carbonyl (C=O) groups excluding carboxylic acids is 2. The second-order valence-corrected chi connectivity index (χ2v) is 4.82. The third-order valence-electron chi connectivity index (χ3n) is 3.50. The van der Waals surface area contributed by atoms with Gasteiger partial charge in [-0.25, -0.2) is 0 Å². The molecule has 0 unspecified atom stereocenters. The number of anilines is 1. The first-order chi connectivity index (χ1) is 9.69. The maximum absolute atomic E-state index is 11.5. The van der Waals surface area contributed by atoms with Crippen molar-refractivity contribution in [2.24, 2.45) is 5.73 Å². The van der Waals surface area contributed by atoms with Crippen LogP contribution in [-0.4, -0.2) is 24.9 Å². The predicted octanol–water partition coefficient (Wildman–Crippen LogP) is 0.761. The molecule has 20 heavy (non-hydrogen) atoms. The van der Waals surface area contributed by atoms with Crippen molar-refractivity contribution in [3.8, 4) is 0 Å². The van der Waals surface area contributed by atoms with Gasteiger partial charge in [0.25, 0.3) is 0 Å². The molecule has 0 atom stereocenters. The number of benzene rings is 2. The molecule has 0 bridgehead atoms. The summed E-state index contributed by atoms with van der Waals surface area (Å²) in [6.07, 6.45) is 0. The van der Waals surface area contributed by atoms with Crippen LogP contribution in [0.3, 0.4) is 0 Å². The molecular formula is C15H15N3O2. The van der Waals surface area contributed by atoms with Crippen LogP contribution in [0.2, 0.25) is 0 Å². The summed E-state index contributed by atoms with van der Waals surface area (Å²) < 4.78 is 0. The Morgan fingerprint density at radius 2 is 1.65 bits per heavy atom. The van der Waals surface area contributed by atoms with Crippen LogP contribution >= 0.6 is 0 Å². The summed E-state index contributed by atoms with van der Waals surface area (Å²) in [6.45, 7) is 0.843. The monoisotopic (exact) mass is 269 g/mol. The number of nitrogens with two attached hydrogens (primary N) is 1. The fourth-order valence-corrected chi connectivity index (χ4v) is 2.61. The van der Waals surface area contributed by atoms with Crippen molar-refractivity contribution in [3.63, 3.8) is 0 Å². The normalized spacial score (nSPS) is 15.6. The van der Waals surface area contributed by atoms with Gasteiger partial charge in [-0.3, -0.25) is 14.9 Å². The van der Waals surface area contributed by atoms with E-state index in [0.717, 1.165) is 22.0 Å². The van der Waals surface area contributed by atoms with E-state index in [1.807, 2.05) is 36.4 Å². The van der Waals surface area contributed by atoms with Gasteiger partial charge in [0.1, 0.15) is 0 Å². The molecular weight excluding hydrogens is 254 g/mol. The van der Waals surface area contributed by atoms with Crippen molar-refractivity contribution in [2.45, 2.75) is 6.54 Å². The summed E-state index contributed by atoms with van der Waals surface area (Å²) in [6, 6.07) is 11.8. The van der Waals surface area contributed by atoms with Gasteiger partial charge in [-0.15, -0.1) is 0 Å². The molecule has 2 aromatic rings. The van der Waals surface area contributed by atoms with Crippen LogP contribution in [0.25, 0.3) is 10.8 Å². The molecule has 0 spiro atoms. The van der Waals surface area contributed by atoms with E-state index in [-0.39, 0.29) is 24.9 Å². The molecule has 1 saturated heterocycles. The predicted molar refractivity (Wildman–Crippen MR) is 77.2 cm³/mol. The Morgan fingerprint density at radius 3 is 2.30 bits per heavy atom. The summed E-state index contributed by atoms with van der Waals surface area (Å²) in [7, 11) is 0. The summed E-state index contributed by atoms with van der Waals surface area (Å²) in [5, 5.41) is 4.38. The lowest BCUT2D eigenvalue weighted by atomic mass is 10.0. The van der Waals surface area contributed by atoms with E-state index in [1.54, 1.807) is 4.90 Å². The molecule has 1 heterocycles. The lowest BCUT2D eigenvalue weighted by Gasteiger charge is -2.28. The van der Waals surface area contributed by atoms with Crippen molar-refractivity contribution < 1.29 is 9.59 Å². The molecule has 0 saturated carbocycles. The molecule has 1 fully saturated rings. The molecule has 3 rings (SSSR count). The molecule has 102 valence electrons. The maximum Gasteiger partial charge on any atom is 0.246 e. The molecule has 0 radical (unpaired) electrons. The molecule has 0 aromatic heterocycles. The minimum atomic E-state index is -0.270. The molecule has 5 heteroatoms. The standard InChI is InChI=1S/C15H15N3O2/c16-7-10-5-6-13(12-4-2-1-3-11(10)12)18-8-14(19)17-15(20)9-18/h1-6H,7-9,16H2,(H,17,19,20). The highest BCUT2D eigenvalue weighted by Gasteiger charge is 2.23. The summed E-state index contributed by atoms with van der Waals surface area (Å²) >= 11 is 0. The van der Waals surface area contributed by atoms with Gasteiger partial charge in [0, 0.05) is 17.6 Å². The zero-order chi connectivity index (χ0) is 14.1. The molecule has 0 aliphatic carbocycles. The third kappa shape index (κ3) is 2.12. The average molecular weight is 269 g/mol. The van der Waals surface area contributed by atoms with Crippen molar-refractivity contribution in [1.82, 2.24) is 5.32 Å². The van der Waals surface area contributed by atoms with Gasteiger partial charge in [-0.1, -0.05) is 30.3 Å². The summed E-state index contributed by atoms with van der Waals surface area (Å²) in [5.41, 5.74) is 7.70. The van der Waals surface area contributed by atoms with Crippen molar-refractivity contribution in [1.29, 1.82) is 0 Å². The van der Waals surface area contributed by atoms with E-state index >= 15 is 0 Å². The van der Waals surface area contributed by atoms with Gasteiger partial charge in [0.2, 0.25) is 11.8 Å². The van der Waals surface area contributed by atoms with Crippen molar-refractivity contribution in [3.05, 3.63) is 42.0 Å². The molecule has 3 N–H and O–H groups in total. The number of fused-ring (bicyclic) bond motifs is 1. The van der Waals surface area contributed by atoms with Gasteiger partial charge in [0.05, 0.1) is 13.1 Å². The first kappa shape index (κ1) is 12.6. The third-order valence-corrected chi connectivity index (χ3v) is 3.50. The minimum Gasteiger partial charge on any atom is -0.352 e. The first-order valence-electron chi connectivity index (χ1n) is 6.47. The molecule has 1 aliphatic heterocycles. The lowest BCUT2D eigenvalue weighted by Crippen LogP contribution is -2.51. The molecule has 2 aromatic carbocycles. The van der Waals surface area contributed by atoms with E-state index < -0.39 is 0 Å². The quantitative estimate of drug-likeness (QED) is 0.789. The Bertz CT molecular complexity index is 681. The van der Waals surface area contributed by atoms with Gasteiger partial charge >= 0.3 is 0 Å². The van der Waals surface area contributed by atoms with E-state index in [9.17, 15) is 9.59 Å². The molecule has 5 nitrogen and oxygen atoms in total. The number of nitrogens with zero attached hydrogens (tertiary/aromatic N) is 1. The van der Waals surface area contributed by atoms with Crippen molar-refractivity contribution in [2.75, 3.05) is 18.0 Å². The van der Waals surface area contributed by atoms with Crippen molar-refractivity contribution >= 4 is 28.3 Å². The van der Waals surface area contributed by atoms with Crippen LogP contribution in [-0.2, 0) is 16.1 Å². The van der Waals surface area contributed by atoms with E-state index in [0.29, 0.717) is 6.54 Å². The Labute approximate surface area is 116 Å². The fourth-order valence-electron chi connectivity index (χ4n) is 2.61. The number of piperazine rings is 1. The number of hydrogen-bond acceptors (Lipinski definition) is 4. The molecule has 2 amide bonds. The van der Waals surface area contributed by atoms with Gasteiger partial charge in [0.15, 0.2) is 0 Å². The van der Waals surface area contributed by atoms with Gasteiger partial charge < -0.3 is 10.6 Å². The largest absolute Gasteiger partial charge is 0.352 e. The van der Waals surface area contributed by atoms with Crippen LogP contribution < -0.4 is 16.0 Å². The smallest absolute Gasteiger partial charge is 0.246 e. The van der Waals surface area contributed by atoms with E-state index in [1.165, 1.54) is 0 Å². The highest BCUT2D eigenvalue weighted by atomic mass is 16.2. The Balaban J connectivity index is 2.12. The highest BCUT2D eigenvalue weighted by Crippen LogP contribution is 2.29. The number of rotatable bonds is 2.